The monoisotopic (exact) mass is 353 g/mol. The molecule has 0 radical (unpaired) electrons. The molecule has 1 saturated heterocycles. The van der Waals surface area contributed by atoms with E-state index >= 15 is 0 Å². The lowest BCUT2D eigenvalue weighted by atomic mass is 9.94. The molecule has 0 spiro atoms. The van der Waals surface area contributed by atoms with Gasteiger partial charge in [0, 0.05) is 4.88 Å². The first-order valence-electron chi connectivity index (χ1n) is 7.52. The third-order valence-electron chi connectivity index (χ3n) is 4.29. The predicted molar refractivity (Wildman–Crippen MR) is 89.5 cm³/mol. The van der Waals surface area contributed by atoms with E-state index in [-0.39, 0.29) is 17.8 Å². The van der Waals surface area contributed by atoms with Crippen LogP contribution in [0.1, 0.15) is 29.3 Å². The number of nitrogens with zero attached hydrogens (tertiary/aromatic N) is 1. The maximum Gasteiger partial charge on any atom is 0.306 e. The van der Waals surface area contributed by atoms with Crippen molar-refractivity contribution in [1.29, 1.82) is 0 Å². The standard InChI is InChI=1S/C17H17ClFNO2S/c18-15-6-5-14(23-15)16(11-1-3-13(19)4-2-11)20-9-7-12(8-10-20)17(21)22/h1-6,12,16H,7-10H2,(H,21,22). The van der Waals surface area contributed by atoms with Gasteiger partial charge < -0.3 is 5.11 Å². The number of carboxylic acids is 1. The number of benzene rings is 1. The fourth-order valence-corrected chi connectivity index (χ4v) is 4.30. The van der Waals surface area contributed by atoms with Gasteiger partial charge in [0.25, 0.3) is 0 Å². The molecule has 3 nitrogen and oxygen atoms in total. The highest BCUT2D eigenvalue weighted by Gasteiger charge is 2.30. The Bertz CT molecular complexity index is 680. The number of halogens is 2. The highest BCUT2D eigenvalue weighted by molar-refractivity contribution is 7.16. The molecule has 1 aliphatic rings. The number of carboxylic acid groups (broad SMARTS) is 1. The minimum absolute atomic E-state index is 0.0113. The number of hydrogen-bond acceptors (Lipinski definition) is 3. The highest BCUT2D eigenvalue weighted by Crippen LogP contribution is 2.37. The van der Waals surface area contributed by atoms with Crippen LogP contribution in [0, 0.1) is 11.7 Å². The average molecular weight is 354 g/mol. The van der Waals surface area contributed by atoms with Gasteiger partial charge in [0.2, 0.25) is 0 Å². The number of aliphatic carboxylic acids is 1. The molecule has 1 unspecified atom stereocenters. The van der Waals surface area contributed by atoms with E-state index in [1.165, 1.54) is 23.5 Å². The van der Waals surface area contributed by atoms with Gasteiger partial charge in [0.15, 0.2) is 0 Å². The van der Waals surface area contributed by atoms with Gasteiger partial charge in [-0.05, 0) is 55.8 Å². The number of piperidine rings is 1. The molecule has 0 aliphatic carbocycles. The lowest BCUT2D eigenvalue weighted by Gasteiger charge is -2.36. The van der Waals surface area contributed by atoms with E-state index in [0.29, 0.717) is 30.3 Å². The van der Waals surface area contributed by atoms with Crippen LogP contribution in [0.2, 0.25) is 4.34 Å². The fraction of sp³-hybridized carbons (Fsp3) is 0.353. The van der Waals surface area contributed by atoms with Crippen molar-refractivity contribution in [2.45, 2.75) is 18.9 Å². The van der Waals surface area contributed by atoms with E-state index in [1.807, 2.05) is 12.1 Å². The summed E-state index contributed by atoms with van der Waals surface area (Å²) in [5, 5.41) is 9.16. The van der Waals surface area contributed by atoms with Crippen molar-refractivity contribution in [3.05, 3.63) is 57.0 Å². The Hall–Kier alpha value is -1.43. The summed E-state index contributed by atoms with van der Waals surface area (Å²) in [7, 11) is 0. The number of carbonyl (C=O) groups is 1. The maximum absolute atomic E-state index is 13.2. The Morgan fingerprint density at radius 2 is 1.87 bits per heavy atom. The molecule has 2 heterocycles. The molecule has 1 aromatic carbocycles. The number of thiophene rings is 1. The molecule has 3 rings (SSSR count). The molecular weight excluding hydrogens is 337 g/mol. The normalized spacial score (nSPS) is 18.0. The zero-order valence-corrected chi connectivity index (χ0v) is 14.0. The maximum atomic E-state index is 13.2. The van der Waals surface area contributed by atoms with Crippen LogP contribution in [0.25, 0.3) is 0 Å². The Morgan fingerprint density at radius 1 is 1.22 bits per heavy atom. The van der Waals surface area contributed by atoms with Gasteiger partial charge in [-0.2, -0.15) is 0 Å². The largest absolute Gasteiger partial charge is 0.481 e. The summed E-state index contributed by atoms with van der Waals surface area (Å²) >= 11 is 7.59. The van der Waals surface area contributed by atoms with Crippen LogP contribution in [0.4, 0.5) is 4.39 Å². The second kappa shape index (κ2) is 6.99. The van der Waals surface area contributed by atoms with Gasteiger partial charge in [0.05, 0.1) is 16.3 Å². The molecule has 1 fully saturated rings. The summed E-state index contributed by atoms with van der Waals surface area (Å²) in [6.07, 6.45) is 1.26. The quantitative estimate of drug-likeness (QED) is 0.884. The van der Waals surface area contributed by atoms with Crippen LogP contribution >= 0.6 is 22.9 Å². The lowest BCUT2D eigenvalue weighted by molar-refractivity contribution is -0.143. The molecule has 1 aromatic heterocycles. The van der Waals surface area contributed by atoms with Gasteiger partial charge in [-0.25, -0.2) is 4.39 Å². The minimum Gasteiger partial charge on any atom is -0.481 e. The molecule has 1 N–H and O–H groups in total. The summed E-state index contributed by atoms with van der Waals surface area (Å²) in [4.78, 5) is 14.5. The van der Waals surface area contributed by atoms with Crippen molar-refractivity contribution in [2.75, 3.05) is 13.1 Å². The van der Waals surface area contributed by atoms with Gasteiger partial charge in [-0.3, -0.25) is 9.69 Å². The van der Waals surface area contributed by atoms with E-state index in [1.54, 1.807) is 12.1 Å². The van der Waals surface area contributed by atoms with E-state index < -0.39 is 5.97 Å². The van der Waals surface area contributed by atoms with Crippen molar-refractivity contribution in [3.63, 3.8) is 0 Å². The van der Waals surface area contributed by atoms with Crippen LogP contribution in [0.3, 0.4) is 0 Å². The van der Waals surface area contributed by atoms with Crippen molar-refractivity contribution in [2.24, 2.45) is 5.92 Å². The Kier molecular flexibility index (Phi) is 4.99. The number of rotatable bonds is 4. The third-order valence-corrected chi connectivity index (χ3v) is 5.58. The Labute approximate surface area is 143 Å². The molecule has 2 aromatic rings. The Morgan fingerprint density at radius 3 is 2.39 bits per heavy atom. The average Bonchev–Trinajstić information content (AvgIpc) is 2.96. The molecule has 0 amide bonds. The van der Waals surface area contributed by atoms with Crippen LogP contribution < -0.4 is 0 Å². The first-order valence-corrected chi connectivity index (χ1v) is 8.71. The summed E-state index contributed by atoms with van der Waals surface area (Å²) < 4.78 is 14.0. The van der Waals surface area contributed by atoms with Gasteiger partial charge in [0.1, 0.15) is 5.82 Å². The smallest absolute Gasteiger partial charge is 0.306 e. The van der Waals surface area contributed by atoms with Crippen molar-refractivity contribution < 1.29 is 14.3 Å². The molecule has 0 bridgehead atoms. The minimum atomic E-state index is -0.720. The van der Waals surface area contributed by atoms with E-state index in [4.69, 9.17) is 16.7 Å². The van der Waals surface area contributed by atoms with Crippen molar-refractivity contribution in [1.82, 2.24) is 4.90 Å². The molecular formula is C17H17ClFNO2S. The van der Waals surface area contributed by atoms with Gasteiger partial charge >= 0.3 is 5.97 Å². The first kappa shape index (κ1) is 16.4. The van der Waals surface area contributed by atoms with Gasteiger partial charge in [-0.15, -0.1) is 11.3 Å². The fourth-order valence-electron chi connectivity index (χ4n) is 3.08. The van der Waals surface area contributed by atoms with E-state index in [0.717, 1.165) is 10.4 Å². The first-order chi connectivity index (χ1) is 11.0. The highest BCUT2D eigenvalue weighted by atomic mass is 35.5. The second-order valence-corrected chi connectivity index (χ2v) is 7.49. The zero-order chi connectivity index (χ0) is 16.4. The lowest BCUT2D eigenvalue weighted by Crippen LogP contribution is -2.39. The van der Waals surface area contributed by atoms with Crippen molar-refractivity contribution >= 4 is 28.9 Å². The molecule has 122 valence electrons. The summed E-state index contributed by atoms with van der Waals surface area (Å²) in [6, 6.07) is 10.3. The second-order valence-electron chi connectivity index (χ2n) is 5.74. The number of likely N-dealkylation sites (tertiary alicyclic amines) is 1. The van der Waals surface area contributed by atoms with Crippen LogP contribution in [-0.2, 0) is 4.79 Å². The van der Waals surface area contributed by atoms with E-state index in [9.17, 15) is 9.18 Å². The molecule has 1 aliphatic heterocycles. The third kappa shape index (κ3) is 3.74. The molecule has 1 atom stereocenters. The van der Waals surface area contributed by atoms with Gasteiger partial charge in [-0.1, -0.05) is 23.7 Å². The topological polar surface area (TPSA) is 40.5 Å². The van der Waals surface area contributed by atoms with Crippen LogP contribution in [-0.4, -0.2) is 29.1 Å². The Balaban J connectivity index is 1.87. The zero-order valence-electron chi connectivity index (χ0n) is 12.4. The van der Waals surface area contributed by atoms with Crippen molar-refractivity contribution in [3.8, 4) is 0 Å². The molecule has 6 heteroatoms. The summed E-state index contributed by atoms with van der Waals surface area (Å²) in [5.41, 5.74) is 0.999. The SMILES string of the molecule is O=C(O)C1CCN(C(c2ccc(F)cc2)c2ccc(Cl)s2)CC1. The summed E-state index contributed by atoms with van der Waals surface area (Å²) in [5.74, 6) is -1.25. The summed E-state index contributed by atoms with van der Waals surface area (Å²) in [6.45, 7) is 1.41. The predicted octanol–water partition coefficient (Wildman–Crippen LogP) is 4.43. The molecule has 0 saturated carbocycles. The molecule has 23 heavy (non-hydrogen) atoms. The number of hydrogen-bond donors (Lipinski definition) is 1. The van der Waals surface area contributed by atoms with Crippen LogP contribution in [0.15, 0.2) is 36.4 Å². The van der Waals surface area contributed by atoms with Crippen LogP contribution in [0.5, 0.6) is 0 Å². The van der Waals surface area contributed by atoms with E-state index in [2.05, 4.69) is 4.90 Å².